The lowest BCUT2D eigenvalue weighted by Crippen LogP contribution is -2.31. The van der Waals surface area contributed by atoms with Gasteiger partial charge in [-0.15, -0.1) is 0 Å². The Bertz CT molecular complexity index is 653. The molecule has 0 spiro atoms. The van der Waals surface area contributed by atoms with Crippen LogP contribution in [0.1, 0.15) is 16.7 Å². The molecular weight excluding hydrogens is 267 g/mol. The number of urea groups is 1. The number of hydrogen-bond donors (Lipinski definition) is 2. The molecule has 2 amide bonds. The van der Waals surface area contributed by atoms with E-state index >= 15 is 0 Å². The summed E-state index contributed by atoms with van der Waals surface area (Å²) < 4.78 is 13.4. The summed E-state index contributed by atoms with van der Waals surface area (Å²) >= 11 is 0. The van der Waals surface area contributed by atoms with Crippen LogP contribution >= 0.6 is 0 Å². The summed E-state index contributed by atoms with van der Waals surface area (Å²) in [6.45, 7) is 2.16. The van der Waals surface area contributed by atoms with Gasteiger partial charge < -0.3 is 10.6 Å². The zero-order chi connectivity index (χ0) is 15.1. The molecule has 0 aromatic heterocycles. The third-order valence-corrected chi connectivity index (χ3v) is 2.93. The number of amides is 2. The minimum atomic E-state index is -0.373. The molecule has 108 valence electrons. The molecular formula is C17H17FN2O. The molecule has 0 aliphatic carbocycles. The Kier molecular flexibility index (Phi) is 5.10. The Labute approximate surface area is 123 Å². The third kappa shape index (κ3) is 4.76. The zero-order valence-corrected chi connectivity index (χ0v) is 11.8. The highest BCUT2D eigenvalue weighted by Crippen LogP contribution is 2.06. The van der Waals surface area contributed by atoms with Crippen LogP contribution in [-0.4, -0.2) is 6.03 Å². The number of benzene rings is 2. The molecule has 0 fully saturated rings. The first-order valence-corrected chi connectivity index (χ1v) is 6.66. The van der Waals surface area contributed by atoms with Crippen LogP contribution in [-0.2, 0) is 6.54 Å². The molecule has 3 nitrogen and oxygen atoms in total. The van der Waals surface area contributed by atoms with E-state index in [4.69, 9.17) is 0 Å². The van der Waals surface area contributed by atoms with E-state index in [9.17, 15) is 9.18 Å². The maximum absolute atomic E-state index is 13.4. The van der Waals surface area contributed by atoms with Gasteiger partial charge in [0.25, 0.3) is 0 Å². The normalized spacial score (nSPS) is 10.6. The highest BCUT2D eigenvalue weighted by molar-refractivity contribution is 5.75. The molecule has 2 N–H and O–H groups in total. The summed E-state index contributed by atoms with van der Waals surface area (Å²) in [6, 6.07) is 13.9. The molecule has 2 aromatic rings. The van der Waals surface area contributed by atoms with Crippen molar-refractivity contribution in [1.29, 1.82) is 0 Å². The average molecular weight is 284 g/mol. The van der Waals surface area contributed by atoms with Gasteiger partial charge in [0.2, 0.25) is 0 Å². The summed E-state index contributed by atoms with van der Waals surface area (Å²) in [6.07, 6.45) is 3.36. The van der Waals surface area contributed by atoms with Crippen molar-refractivity contribution < 1.29 is 9.18 Å². The molecule has 0 bridgehead atoms. The second kappa shape index (κ2) is 7.24. The Balaban J connectivity index is 1.81. The van der Waals surface area contributed by atoms with Crippen molar-refractivity contribution in [3.05, 3.63) is 77.2 Å². The molecule has 21 heavy (non-hydrogen) atoms. The number of carbonyl (C=O) groups excluding carboxylic acids is 1. The molecule has 0 aliphatic rings. The molecule has 0 saturated heterocycles. The second-order valence-corrected chi connectivity index (χ2v) is 4.67. The molecule has 2 rings (SSSR count). The topological polar surface area (TPSA) is 41.1 Å². The van der Waals surface area contributed by atoms with Crippen molar-refractivity contribution in [2.75, 3.05) is 0 Å². The largest absolute Gasteiger partial charge is 0.334 e. The second-order valence-electron chi connectivity index (χ2n) is 4.67. The quantitative estimate of drug-likeness (QED) is 0.885. The smallest absolute Gasteiger partial charge is 0.319 e. The van der Waals surface area contributed by atoms with Gasteiger partial charge in [0, 0.05) is 18.3 Å². The van der Waals surface area contributed by atoms with Gasteiger partial charge in [-0.1, -0.05) is 48.0 Å². The SMILES string of the molecule is Cc1cccc(/C=C/NC(=O)NCc2ccccc2F)c1. The number of hydrogen-bond acceptors (Lipinski definition) is 1. The first-order valence-electron chi connectivity index (χ1n) is 6.66. The van der Waals surface area contributed by atoms with Crippen LogP contribution < -0.4 is 10.6 Å². The van der Waals surface area contributed by atoms with Crippen molar-refractivity contribution in [2.24, 2.45) is 0 Å². The van der Waals surface area contributed by atoms with E-state index in [0.29, 0.717) is 5.56 Å². The average Bonchev–Trinajstić information content (AvgIpc) is 2.46. The fourth-order valence-electron chi connectivity index (χ4n) is 1.86. The highest BCUT2D eigenvalue weighted by Gasteiger charge is 2.02. The van der Waals surface area contributed by atoms with E-state index in [2.05, 4.69) is 10.6 Å². The number of carbonyl (C=O) groups is 1. The number of aryl methyl sites for hydroxylation is 1. The van der Waals surface area contributed by atoms with Crippen LogP contribution in [0.15, 0.2) is 54.7 Å². The fraction of sp³-hybridized carbons (Fsp3) is 0.118. The van der Waals surface area contributed by atoms with E-state index in [0.717, 1.165) is 11.1 Å². The van der Waals surface area contributed by atoms with Gasteiger partial charge in [-0.05, 0) is 24.6 Å². The Morgan fingerprint density at radius 1 is 1.19 bits per heavy atom. The summed E-state index contributed by atoms with van der Waals surface area (Å²) in [5.74, 6) is -0.326. The lowest BCUT2D eigenvalue weighted by atomic mass is 10.1. The van der Waals surface area contributed by atoms with E-state index in [1.165, 1.54) is 6.07 Å². The van der Waals surface area contributed by atoms with Crippen LogP contribution in [0, 0.1) is 12.7 Å². The predicted octanol–water partition coefficient (Wildman–Crippen LogP) is 3.60. The van der Waals surface area contributed by atoms with Crippen LogP contribution in [0.4, 0.5) is 9.18 Å². The molecule has 0 aliphatic heterocycles. The van der Waals surface area contributed by atoms with E-state index in [1.54, 1.807) is 30.5 Å². The van der Waals surface area contributed by atoms with Crippen molar-refractivity contribution >= 4 is 12.1 Å². The number of halogens is 1. The van der Waals surface area contributed by atoms with Crippen LogP contribution in [0.2, 0.25) is 0 Å². The summed E-state index contributed by atoms with van der Waals surface area (Å²) in [4.78, 5) is 11.6. The van der Waals surface area contributed by atoms with Gasteiger partial charge >= 0.3 is 6.03 Å². The van der Waals surface area contributed by atoms with E-state index in [1.807, 2.05) is 31.2 Å². The van der Waals surface area contributed by atoms with Crippen molar-refractivity contribution in [3.63, 3.8) is 0 Å². The van der Waals surface area contributed by atoms with Crippen LogP contribution in [0.25, 0.3) is 6.08 Å². The Hall–Kier alpha value is -2.62. The molecule has 0 radical (unpaired) electrons. The van der Waals surface area contributed by atoms with Gasteiger partial charge in [0.05, 0.1) is 0 Å². The Morgan fingerprint density at radius 2 is 2.00 bits per heavy atom. The molecule has 2 aromatic carbocycles. The van der Waals surface area contributed by atoms with Gasteiger partial charge in [0.15, 0.2) is 0 Å². The molecule has 0 atom stereocenters. The lowest BCUT2D eigenvalue weighted by Gasteiger charge is -2.05. The van der Waals surface area contributed by atoms with E-state index in [-0.39, 0.29) is 18.4 Å². The monoisotopic (exact) mass is 284 g/mol. The lowest BCUT2D eigenvalue weighted by molar-refractivity contribution is 0.243. The van der Waals surface area contributed by atoms with Crippen LogP contribution in [0.3, 0.4) is 0 Å². The van der Waals surface area contributed by atoms with Crippen molar-refractivity contribution in [3.8, 4) is 0 Å². The minimum Gasteiger partial charge on any atom is -0.334 e. The maximum atomic E-state index is 13.4. The molecule has 0 heterocycles. The van der Waals surface area contributed by atoms with Gasteiger partial charge in [-0.25, -0.2) is 9.18 Å². The molecule has 0 unspecified atom stereocenters. The maximum Gasteiger partial charge on any atom is 0.319 e. The zero-order valence-electron chi connectivity index (χ0n) is 11.8. The predicted molar refractivity (Wildman–Crippen MR) is 82.0 cm³/mol. The van der Waals surface area contributed by atoms with Crippen molar-refractivity contribution in [1.82, 2.24) is 10.6 Å². The van der Waals surface area contributed by atoms with E-state index < -0.39 is 0 Å². The fourth-order valence-corrected chi connectivity index (χ4v) is 1.86. The third-order valence-electron chi connectivity index (χ3n) is 2.93. The van der Waals surface area contributed by atoms with Crippen molar-refractivity contribution in [2.45, 2.75) is 13.5 Å². The van der Waals surface area contributed by atoms with Gasteiger partial charge in [-0.2, -0.15) is 0 Å². The van der Waals surface area contributed by atoms with Gasteiger partial charge in [0.1, 0.15) is 5.82 Å². The summed E-state index contributed by atoms with van der Waals surface area (Å²) in [5.41, 5.74) is 2.61. The number of rotatable bonds is 4. The highest BCUT2D eigenvalue weighted by atomic mass is 19.1. The first kappa shape index (κ1) is 14.8. The molecule has 0 saturated carbocycles. The summed E-state index contributed by atoms with van der Waals surface area (Å²) in [7, 11) is 0. The number of nitrogens with one attached hydrogen (secondary N) is 2. The molecule has 4 heteroatoms. The Morgan fingerprint density at radius 3 is 2.76 bits per heavy atom. The van der Waals surface area contributed by atoms with Crippen LogP contribution in [0.5, 0.6) is 0 Å². The first-order chi connectivity index (χ1) is 10.1. The summed E-state index contributed by atoms with van der Waals surface area (Å²) in [5, 5.41) is 5.18. The van der Waals surface area contributed by atoms with Gasteiger partial charge in [-0.3, -0.25) is 0 Å². The minimum absolute atomic E-state index is 0.150. The standard InChI is InChI=1S/C17H17FN2O/c1-13-5-4-6-14(11-13)9-10-19-17(21)20-12-15-7-2-3-8-16(15)18/h2-11H,12H2,1H3,(H2,19,20,21)/b10-9+.